The molecule has 25 heavy (non-hydrogen) atoms. The summed E-state index contributed by atoms with van der Waals surface area (Å²) in [6, 6.07) is 7.85. The third-order valence-corrected chi connectivity index (χ3v) is 3.52. The quantitative estimate of drug-likeness (QED) is 0.381. The van der Waals surface area contributed by atoms with Crippen molar-refractivity contribution in [2.45, 2.75) is 84.7 Å². The number of carbonyl (C=O) groups excluding carboxylic acids is 1. The molecule has 0 bridgehead atoms. The third kappa shape index (κ3) is 6.86. The maximum atomic E-state index is 10.9. The first-order valence-electron chi connectivity index (χ1n) is 8.50. The van der Waals surface area contributed by atoms with E-state index in [9.17, 15) is 4.79 Å². The van der Waals surface area contributed by atoms with Gasteiger partial charge in [0.1, 0.15) is 11.2 Å². The first-order chi connectivity index (χ1) is 11.2. The fourth-order valence-corrected chi connectivity index (χ4v) is 1.83. The Hall–Kier alpha value is -1.27. The first-order valence-corrected chi connectivity index (χ1v) is 8.50. The lowest BCUT2D eigenvalue weighted by Crippen LogP contribution is -2.32. The SMILES string of the molecule is CC(C)(C)OOC(C)(C)c1ccc(C(C)(C)OOC(C)(C)C=O)cc1. The van der Waals surface area contributed by atoms with Crippen LogP contribution < -0.4 is 0 Å². The number of hydrogen-bond acceptors (Lipinski definition) is 5. The molecule has 0 unspecified atom stereocenters. The van der Waals surface area contributed by atoms with Crippen LogP contribution in [-0.2, 0) is 35.5 Å². The fraction of sp³-hybridized carbons (Fsp3) is 0.650. The van der Waals surface area contributed by atoms with Gasteiger partial charge in [0.2, 0.25) is 0 Å². The van der Waals surface area contributed by atoms with Crippen LogP contribution in [-0.4, -0.2) is 17.5 Å². The molecule has 1 aromatic rings. The zero-order chi connectivity index (χ0) is 19.5. The smallest absolute Gasteiger partial charge is 0.154 e. The maximum absolute atomic E-state index is 10.9. The minimum absolute atomic E-state index is 0.379. The van der Waals surface area contributed by atoms with Gasteiger partial charge in [0.05, 0.1) is 5.60 Å². The van der Waals surface area contributed by atoms with E-state index in [0.29, 0.717) is 6.29 Å². The molecular formula is C20H32O5. The van der Waals surface area contributed by atoms with Crippen molar-refractivity contribution in [2.24, 2.45) is 0 Å². The average molecular weight is 352 g/mol. The number of hydrogen-bond donors (Lipinski definition) is 0. The van der Waals surface area contributed by atoms with E-state index in [1.54, 1.807) is 13.8 Å². The molecule has 1 rings (SSSR count). The predicted molar refractivity (Wildman–Crippen MR) is 96.7 cm³/mol. The van der Waals surface area contributed by atoms with E-state index in [1.807, 2.05) is 72.7 Å². The van der Waals surface area contributed by atoms with Crippen LogP contribution in [0.3, 0.4) is 0 Å². The lowest BCUT2D eigenvalue weighted by atomic mass is 9.92. The summed E-state index contributed by atoms with van der Waals surface area (Å²) in [5, 5.41) is 0. The monoisotopic (exact) mass is 352 g/mol. The maximum Gasteiger partial charge on any atom is 0.154 e. The standard InChI is InChI=1S/C20H32O5/c1-17(2,3)22-24-19(6,7)15-10-12-16(13-11-15)20(8,9)25-23-18(4,5)14-21/h10-14H,1-9H3. The second-order valence-electron chi connectivity index (χ2n) is 8.76. The summed E-state index contributed by atoms with van der Waals surface area (Å²) in [4.78, 5) is 32.8. The van der Waals surface area contributed by atoms with Gasteiger partial charge in [-0.25, -0.2) is 19.6 Å². The molecular weight excluding hydrogens is 320 g/mol. The lowest BCUT2D eigenvalue weighted by Gasteiger charge is -2.30. The highest BCUT2D eigenvalue weighted by atomic mass is 17.2. The van der Waals surface area contributed by atoms with Gasteiger partial charge in [0.15, 0.2) is 11.9 Å². The number of aldehydes is 1. The molecule has 0 aliphatic heterocycles. The predicted octanol–water partition coefficient (Wildman–Crippen LogP) is 4.83. The Labute approximate surface area is 151 Å². The number of benzene rings is 1. The largest absolute Gasteiger partial charge is 0.300 e. The summed E-state index contributed by atoms with van der Waals surface area (Å²) < 4.78 is 0. The van der Waals surface area contributed by atoms with Crippen molar-refractivity contribution >= 4 is 6.29 Å². The summed E-state index contributed by atoms with van der Waals surface area (Å²) in [6.07, 6.45) is 0.710. The molecule has 5 nitrogen and oxygen atoms in total. The van der Waals surface area contributed by atoms with Crippen molar-refractivity contribution < 1.29 is 24.3 Å². The number of rotatable bonds is 8. The molecule has 0 fully saturated rings. The summed E-state index contributed by atoms with van der Waals surface area (Å²) >= 11 is 0. The van der Waals surface area contributed by atoms with Crippen molar-refractivity contribution in [3.05, 3.63) is 35.4 Å². The third-order valence-electron chi connectivity index (χ3n) is 3.52. The van der Waals surface area contributed by atoms with E-state index >= 15 is 0 Å². The molecule has 0 spiro atoms. The Morgan fingerprint density at radius 1 is 0.640 bits per heavy atom. The highest BCUT2D eigenvalue weighted by molar-refractivity contribution is 5.60. The summed E-state index contributed by atoms with van der Waals surface area (Å²) in [7, 11) is 0. The Bertz CT molecular complexity index is 565. The van der Waals surface area contributed by atoms with Crippen molar-refractivity contribution in [1.82, 2.24) is 0 Å². The van der Waals surface area contributed by atoms with Crippen molar-refractivity contribution in [3.63, 3.8) is 0 Å². The van der Waals surface area contributed by atoms with Gasteiger partial charge >= 0.3 is 0 Å². The van der Waals surface area contributed by atoms with E-state index in [4.69, 9.17) is 19.6 Å². The van der Waals surface area contributed by atoms with Crippen LogP contribution in [0.4, 0.5) is 0 Å². The van der Waals surface area contributed by atoms with Gasteiger partial charge in [-0.1, -0.05) is 24.3 Å². The van der Waals surface area contributed by atoms with Gasteiger partial charge in [-0.05, 0) is 73.4 Å². The van der Waals surface area contributed by atoms with E-state index in [-0.39, 0.29) is 5.60 Å². The molecule has 0 aromatic heterocycles. The van der Waals surface area contributed by atoms with Gasteiger partial charge in [-0.15, -0.1) is 0 Å². The van der Waals surface area contributed by atoms with Gasteiger partial charge < -0.3 is 4.79 Å². The van der Waals surface area contributed by atoms with Crippen LogP contribution in [0.1, 0.15) is 73.4 Å². The van der Waals surface area contributed by atoms with Crippen LogP contribution in [0.25, 0.3) is 0 Å². The zero-order valence-electron chi connectivity index (χ0n) is 16.9. The van der Waals surface area contributed by atoms with Crippen molar-refractivity contribution in [3.8, 4) is 0 Å². The van der Waals surface area contributed by atoms with Crippen LogP contribution in [0.2, 0.25) is 0 Å². The second kappa shape index (κ2) is 7.54. The zero-order valence-corrected chi connectivity index (χ0v) is 16.9. The highest BCUT2D eigenvalue weighted by Crippen LogP contribution is 2.31. The summed E-state index contributed by atoms with van der Waals surface area (Å²) in [6.45, 7) is 16.8. The van der Waals surface area contributed by atoms with Gasteiger partial charge in [0.25, 0.3) is 0 Å². The van der Waals surface area contributed by atoms with Crippen LogP contribution in [0, 0.1) is 0 Å². The fourth-order valence-electron chi connectivity index (χ4n) is 1.83. The van der Waals surface area contributed by atoms with Crippen LogP contribution >= 0.6 is 0 Å². The molecule has 0 aliphatic rings. The Kier molecular flexibility index (Phi) is 6.57. The van der Waals surface area contributed by atoms with Crippen LogP contribution in [0.15, 0.2) is 24.3 Å². The van der Waals surface area contributed by atoms with E-state index in [1.165, 1.54) is 0 Å². The van der Waals surface area contributed by atoms with Crippen molar-refractivity contribution in [2.75, 3.05) is 0 Å². The van der Waals surface area contributed by atoms with E-state index < -0.39 is 16.8 Å². The Morgan fingerprint density at radius 3 is 1.32 bits per heavy atom. The molecule has 0 radical (unpaired) electrons. The minimum Gasteiger partial charge on any atom is -0.300 e. The number of carbonyl (C=O) groups is 1. The molecule has 142 valence electrons. The van der Waals surface area contributed by atoms with Gasteiger partial charge in [0, 0.05) is 0 Å². The van der Waals surface area contributed by atoms with Crippen LogP contribution in [0.5, 0.6) is 0 Å². The van der Waals surface area contributed by atoms with E-state index in [0.717, 1.165) is 11.1 Å². The molecule has 1 aromatic carbocycles. The average Bonchev–Trinajstić information content (AvgIpc) is 2.51. The van der Waals surface area contributed by atoms with Crippen molar-refractivity contribution in [1.29, 1.82) is 0 Å². The van der Waals surface area contributed by atoms with E-state index in [2.05, 4.69) is 0 Å². The molecule has 0 aliphatic carbocycles. The molecule has 0 saturated heterocycles. The Balaban J connectivity index is 2.85. The van der Waals surface area contributed by atoms with Gasteiger partial charge in [-0.2, -0.15) is 0 Å². The topological polar surface area (TPSA) is 54.0 Å². The van der Waals surface area contributed by atoms with Gasteiger partial charge in [-0.3, -0.25) is 0 Å². The Morgan fingerprint density at radius 2 is 1.00 bits per heavy atom. The highest BCUT2D eigenvalue weighted by Gasteiger charge is 2.30. The molecule has 0 atom stereocenters. The molecule has 0 amide bonds. The minimum atomic E-state index is -0.989. The molecule has 0 heterocycles. The molecule has 5 heteroatoms. The first kappa shape index (κ1) is 21.8. The second-order valence-corrected chi connectivity index (χ2v) is 8.76. The summed E-state index contributed by atoms with van der Waals surface area (Å²) in [5.74, 6) is 0. The summed E-state index contributed by atoms with van der Waals surface area (Å²) in [5.41, 5.74) is -0.762. The molecule has 0 N–H and O–H groups in total. The molecule has 0 saturated carbocycles. The normalized spacial score (nSPS) is 13.8. The lowest BCUT2D eigenvalue weighted by molar-refractivity contribution is -0.401.